The van der Waals surface area contributed by atoms with Gasteiger partial charge in [-0.05, 0) is 23.6 Å². The minimum atomic E-state index is -0.507. The molecule has 1 aromatic heterocycles. The van der Waals surface area contributed by atoms with Crippen molar-refractivity contribution in [1.29, 1.82) is 0 Å². The monoisotopic (exact) mass is 441 g/mol. The number of hydrogen-bond acceptors (Lipinski definition) is 4. The zero-order valence-electron chi connectivity index (χ0n) is 17.9. The highest BCUT2D eigenvalue weighted by atomic mass is 32.1. The third-order valence-corrected chi connectivity index (χ3v) is 6.20. The Morgan fingerprint density at radius 3 is 1.94 bits per heavy atom. The number of amides is 1. The second kappa shape index (κ2) is 9.62. The molecule has 0 bridgehead atoms. The molecule has 1 heterocycles. The van der Waals surface area contributed by atoms with E-state index in [9.17, 15) is 9.59 Å². The van der Waals surface area contributed by atoms with Crippen LogP contribution in [0.15, 0.2) is 90.3 Å². The molecule has 0 aliphatic carbocycles. The highest BCUT2D eigenvalue weighted by Gasteiger charge is 2.27. The Bertz CT molecular complexity index is 1180. The van der Waals surface area contributed by atoms with Gasteiger partial charge in [0.25, 0.3) is 0 Å². The third-order valence-electron chi connectivity index (χ3n) is 5.31. The number of nitrogens with one attached hydrogen (secondary N) is 1. The summed E-state index contributed by atoms with van der Waals surface area (Å²) in [5.74, 6) is -1.19. The van der Waals surface area contributed by atoms with Crippen LogP contribution in [0.2, 0.25) is 0 Å². The number of ether oxygens (including phenoxy) is 1. The zero-order chi connectivity index (χ0) is 22.5. The van der Waals surface area contributed by atoms with Gasteiger partial charge in [0.1, 0.15) is 10.6 Å². The Morgan fingerprint density at radius 1 is 0.844 bits per heavy atom. The van der Waals surface area contributed by atoms with Crippen LogP contribution in [-0.2, 0) is 9.53 Å². The van der Waals surface area contributed by atoms with Crippen molar-refractivity contribution in [3.8, 4) is 11.1 Å². The molecule has 4 rings (SSSR count). The molecule has 0 unspecified atom stereocenters. The first kappa shape index (κ1) is 21.5. The van der Waals surface area contributed by atoms with Crippen molar-refractivity contribution < 1.29 is 14.3 Å². The Balaban J connectivity index is 1.73. The quantitative estimate of drug-likeness (QED) is 0.358. The van der Waals surface area contributed by atoms with Crippen LogP contribution in [0.25, 0.3) is 11.1 Å². The maximum atomic E-state index is 13.5. The molecule has 0 saturated heterocycles. The first-order valence-corrected chi connectivity index (χ1v) is 11.1. The van der Waals surface area contributed by atoms with E-state index in [1.54, 1.807) is 0 Å². The van der Waals surface area contributed by atoms with Crippen molar-refractivity contribution in [3.05, 3.63) is 113 Å². The predicted molar refractivity (Wildman–Crippen MR) is 129 cm³/mol. The maximum Gasteiger partial charge on any atom is 0.341 e. The first-order chi connectivity index (χ1) is 15.6. The predicted octanol–water partition coefficient (Wildman–Crippen LogP) is 6.28. The van der Waals surface area contributed by atoms with Crippen molar-refractivity contribution in [2.24, 2.45) is 0 Å². The van der Waals surface area contributed by atoms with Gasteiger partial charge in [0.05, 0.1) is 13.0 Å². The van der Waals surface area contributed by atoms with Crippen LogP contribution in [0.1, 0.15) is 33.0 Å². The van der Waals surface area contributed by atoms with Gasteiger partial charge < -0.3 is 10.1 Å². The van der Waals surface area contributed by atoms with E-state index in [2.05, 4.69) is 5.32 Å². The average Bonchev–Trinajstić information content (AvgIpc) is 3.24. The summed E-state index contributed by atoms with van der Waals surface area (Å²) in [5, 5.41) is 5.37. The SMILES string of the molecule is COC(=O)c1c(-c2ccc(C)cc2)csc1NC(=O)C(c1ccccc1)c1ccccc1. The van der Waals surface area contributed by atoms with Crippen molar-refractivity contribution in [1.82, 2.24) is 0 Å². The van der Waals surface area contributed by atoms with Crippen LogP contribution in [0.4, 0.5) is 5.00 Å². The summed E-state index contributed by atoms with van der Waals surface area (Å²) in [6.45, 7) is 2.01. The Morgan fingerprint density at radius 2 is 1.41 bits per heavy atom. The highest BCUT2D eigenvalue weighted by molar-refractivity contribution is 7.15. The maximum absolute atomic E-state index is 13.5. The van der Waals surface area contributed by atoms with Gasteiger partial charge in [0.15, 0.2) is 0 Å². The molecule has 0 fully saturated rings. The number of carbonyl (C=O) groups is 2. The lowest BCUT2D eigenvalue weighted by molar-refractivity contribution is -0.116. The molecule has 4 nitrogen and oxygen atoms in total. The van der Waals surface area contributed by atoms with Gasteiger partial charge in [-0.25, -0.2) is 4.79 Å². The molecule has 0 aliphatic heterocycles. The second-order valence-electron chi connectivity index (χ2n) is 7.45. The van der Waals surface area contributed by atoms with Crippen LogP contribution >= 0.6 is 11.3 Å². The number of carbonyl (C=O) groups excluding carboxylic acids is 2. The van der Waals surface area contributed by atoms with E-state index in [1.165, 1.54) is 18.4 Å². The molecule has 0 saturated carbocycles. The summed E-state index contributed by atoms with van der Waals surface area (Å²) in [7, 11) is 1.35. The smallest absolute Gasteiger partial charge is 0.341 e. The fraction of sp³-hybridized carbons (Fsp3) is 0.111. The van der Waals surface area contributed by atoms with Gasteiger partial charge in [-0.1, -0.05) is 90.5 Å². The van der Waals surface area contributed by atoms with Crippen molar-refractivity contribution in [2.75, 3.05) is 12.4 Å². The molecule has 0 spiro atoms. The average molecular weight is 442 g/mol. The lowest BCUT2D eigenvalue weighted by atomic mass is 9.90. The van der Waals surface area contributed by atoms with Crippen molar-refractivity contribution in [2.45, 2.75) is 12.8 Å². The number of benzene rings is 3. The van der Waals surface area contributed by atoms with Gasteiger partial charge in [-0.3, -0.25) is 4.79 Å². The van der Waals surface area contributed by atoms with E-state index in [1.807, 2.05) is 97.2 Å². The molecule has 1 N–H and O–H groups in total. The Hall–Kier alpha value is -3.70. The molecule has 5 heteroatoms. The minimum absolute atomic E-state index is 0.204. The van der Waals surface area contributed by atoms with Crippen LogP contribution in [0.3, 0.4) is 0 Å². The Labute approximate surface area is 191 Å². The van der Waals surface area contributed by atoms with E-state index in [-0.39, 0.29) is 5.91 Å². The fourth-order valence-corrected chi connectivity index (χ4v) is 4.63. The van der Waals surface area contributed by atoms with E-state index in [0.29, 0.717) is 10.6 Å². The van der Waals surface area contributed by atoms with Crippen LogP contribution in [0.5, 0.6) is 0 Å². The Kier molecular flexibility index (Phi) is 6.47. The summed E-state index contributed by atoms with van der Waals surface area (Å²) in [4.78, 5) is 26.2. The summed E-state index contributed by atoms with van der Waals surface area (Å²) in [5.41, 5.74) is 4.90. The summed E-state index contributed by atoms with van der Waals surface area (Å²) in [6, 6.07) is 27.2. The molecule has 3 aromatic carbocycles. The van der Waals surface area contributed by atoms with Crippen molar-refractivity contribution in [3.63, 3.8) is 0 Å². The van der Waals surface area contributed by atoms with Gasteiger partial charge in [0.2, 0.25) is 5.91 Å². The molecule has 32 heavy (non-hydrogen) atoms. The van der Waals surface area contributed by atoms with E-state index in [0.717, 1.165) is 27.8 Å². The number of esters is 1. The summed E-state index contributed by atoms with van der Waals surface area (Å²) in [6.07, 6.45) is 0. The van der Waals surface area contributed by atoms with Gasteiger partial charge in [-0.15, -0.1) is 11.3 Å². The molecule has 0 radical (unpaired) electrons. The van der Waals surface area contributed by atoms with Crippen molar-refractivity contribution >= 4 is 28.2 Å². The molecule has 4 aromatic rings. The molecule has 0 atom stereocenters. The van der Waals surface area contributed by atoms with E-state index in [4.69, 9.17) is 4.74 Å². The number of aryl methyl sites for hydroxylation is 1. The largest absolute Gasteiger partial charge is 0.465 e. The van der Waals surface area contributed by atoms with E-state index < -0.39 is 11.9 Å². The number of hydrogen-bond donors (Lipinski definition) is 1. The van der Waals surface area contributed by atoms with Gasteiger partial charge in [0, 0.05) is 10.9 Å². The van der Waals surface area contributed by atoms with Crippen LogP contribution in [-0.4, -0.2) is 19.0 Å². The normalized spacial score (nSPS) is 10.7. The number of thiophene rings is 1. The number of rotatable bonds is 6. The molecule has 0 aliphatic rings. The standard InChI is InChI=1S/C27H23NO3S/c1-18-13-15-19(16-14-18)22-17-32-26(24(22)27(30)31-2)28-25(29)23(20-9-5-3-6-10-20)21-11-7-4-8-12-21/h3-17,23H,1-2H3,(H,28,29). The summed E-state index contributed by atoms with van der Waals surface area (Å²) < 4.78 is 5.05. The lowest BCUT2D eigenvalue weighted by Gasteiger charge is -2.18. The highest BCUT2D eigenvalue weighted by Crippen LogP contribution is 2.37. The zero-order valence-corrected chi connectivity index (χ0v) is 18.7. The van der Waals surface area contributed by atoms with E-state index >= 15 is 0 Å². The van der Waals surface area contributed by atoms with Crippen LogP contribution < -0.4 is 5.32 Å². The topological polar surface area (TPSA) is 55.4 Å². The molecular formula is C27H23NO3S. The fourth-order valence-electron chi connectivity index (χ4n) is 3.67. The molecular weight excluding hydrogens is 418 g/mol. The summed E-state index contributed by atoms with van der Waals surface area (Å²) >= 11 is 1.32. The number of methoxy groups -OCH3 is 1. The third kappa shape index (κ3) is 4.48. The molecule has 1 amide bonds. The lowest BCUT2D eigenvalue weighted by Crippen LogP contribution is -2.23. The minimum Gasteiger partial charge on any atom is -0.465 e. The molecule has 160 valence electrons. The van der Waals surface area contributed by atoms with Crippen LogP contribution in [0, 0.1) is 6.92 Å². The first-order valence-electron chi connectivity index (χ1n) is 10.3. The van der Waals surface area contributed by atoms with Gasteiger partial charge in [-0.2, -0.15) is 0 Å². The van der Waals surface area contributed by atoms with Gasteiger partial charge >= 0.3 is 5.97 Å². The number of anilines is 1. The second-order valence-corrected chi connectivity index (χ2v) is 8.33.